The quantitative estimate of drug-likeness (QED) is 0.0169. The van der Waals surface area contributed by atoms with Crippen LogP contribution >= 0.6 is 15.6 Å². The fraction of sp³-hybridized carbons (Fsp3) is 0.671. The number of rotatable bonds is 69. The van der Waals surface area contributed by atoms with Crippen molar-refractivity contribution in [3.63, 3.8) is 0 Å². The van der Waals surface area contributed by atoms with Crippen molar-refractivity contribution >= 4 is 39.5 Å². The van der Waals surface area contributed by atoms with Gasteiger partial charge in [-0.2, -0.15) is 0 Å². The smallest absolute Gasteiger partial charge is 0.462 e. The Morgan fingerprint density at radius 1 is 0.296 bits per heavy atom. The van der Waals surface area contributed by atoms with Gasteiger partial charge in [0.15, 0.2) is 12.2 Å². The van der Waals surface area contributed by atoms with Gasteiger partial charge in [0, 0.05) is 25.7 Å². The molecule has 560 valence electrons. The topological polar surface area (TPSA) is 237 Å². The SMILES string of the molecule is CC/C=C\C/C=C\C/C=C\C/C=C\CCCCCCCCC(=O)OCC(COP(=O)(O)OCC(O)COP(=O)(O)OCC(COC(=O)CCCC/C=C\C/C=C\C/C=C\C/C=C\CC)OC(=O)CCCCCCC/C=C\C/C=C\CCC)OC(=O)CCCCCCC/C=C\CCCC. The lowest BCUT2D eigenvalue weighted by atomic mass is 10.1. The van der Waals surface area contributed by atoms with Crippen molar-refractivity contribution in [1.82, 2.24) is 0 Å². The van der Waals surface area contributed by atoms with E-state index >= 15 is 0 Å². The predicted molar refractivity (Wildman–Crippen MR) is 399 cm³/mol. The number of unbranched alkanes of at least 4 members (excludes halogenated alkanes) is 21. The highest BCUT2D eigenvalue weighted by molar-refractivity contribution is 7.47. The largest absolute Gasteiger partial charge is 0.472 e. The van der Waals surface area contributed by atoms with Crippen molar-refractivity contribution in [2.75, 3.05) is 39.6 Å². The molecule has 0 amide bonds. The lowest BCUT2D eigenvalue weighted by molar-refractivity contribution is -0.161. The normalized spacial score (nSPS) is 14.7. The van der Waals surface area contributed by atoms with Crippen molar-refractivity contribution in [2.24, 2.45) is 0 Å². The molecule has 0 aromatic rings. The molecule has 0 aromatic carbocycles. The number of allylic oxidation sites excluding steroid dienone is 22. The van der Waals surface area contributed by atoms with E-state index in [1.165, 1.54) is 12.8 Å². The van der Waals surface area contributed by atoms with Gasteiger partial charge in [0.1, 0.15) is 19.3 Å². The molecule has 0 aliphatic rings. The molecule has 0 rings (SSSR count). The third-order valence-corrected chi connectivity index (χ3v) is 17.0. The molecule has 5 unspecified atom stereocenters. The molecule has 0 aromatic heterocycles. The molecule has 0 saturated carbocycles. The lowest BCUT2D eigenvalue weighted by Gasteiger charge is -2.21. The first-order valence-electron chi connectivity index (χ1n) is 37.4. The highest BCUT2D eigenvalue weighted by Gasteiger charge is 2.30. The van der Waals surface area contributed by atoms with Gasteiger partial charge in [-0.3, -0.25) is 37.3 Å². The fourth-order valence-electron chi connectivity index (χ4n) is 9.40. The molecule has 17 nitrogen and oxygen atoms in total. The van der Waals surface area contributed by atoms with Gasteiger partial charge in [0.05, 0.1) is 26.4 Å². The van der Waals surface area contributed by atoms with E-state index in [0.717, 1.165) is 193 Å². The zero-order valence-electron chi connectivity index (χ0n) is 60.9. The molecular weight excluding hydrogens is 1280 g/mol. The predicted octanol–water partition coefficient (Wildman–Crippen LogP) is 21.3. The average molecular weight is 1420 g/mol. The van der Waals surface area contributed by atoms with E-state index in [0.29, 0.717) is 25.7 Å². The summed E-state index contributed by atoms with van der Waals surface area (Å²) in [6.45, 7) is 4.43. The second-order valence-electron chi connectivity index (χ2n) is 24.5. The number of ether oxygens (including phenoxy) is 4. The van der Waals surface area contributed by atoms with Crippen LogP contribution < -0.4 is 0 Å². The van der Waals surface area contributed by atoms with Crippen molar-refractivity contribution in [1.29, 1.82) is 0 Å². The second-order valence-corrected chi connectivity index (χ2v) is 27.4. The summed E-state index contributed by atoms with van der Waals surface area (Å²) in [5.41, 5.74) is 0. The second kappa shape index (κ2) is 70.6. The van der Waals surface area contributed by atoms with Crippen molar-refractivity contribution < 1.29 is 80.2 Å². The molecule has 19 heteroatoms. The minimum atomic E-state index is -4.99. The first-order valence-corrected chi connectivity index (χ1v) is 40.4. The van der Waals surface area contributed by atoms with E-state index in [1.54, 1.807) is 0 Å². The summed E-state index contributed by atoms with van der Waals surface area (Å²) < 4.78 is 68.3. The fourth-order valence-corrected chi connectivity index (χ4v) is 11.0. The van der Waals surface area contributed by atoms with E-state index < -0.39 is 97.5 Å². The molecule has 0 fully saturated rings. The van der Waals surface area contributed by atoms with Crippen LogP contribution in [-0.2, 0) is 65.4 Å². The van der Waals surface area contributed by atoms with Crippen molar-refractivity contribution in [2.45, 2.75) is 303 Å². The molecule has 0 saturated heterocycles. The van der Waals surface area contributed by atoms with E-state index in [-0.39, 0.29) is 25.7 Å². The summed E-state index contributed by atoms with van der Waals surface area (Å²) in [5, 5.41) is 10.6. The van der Waals surface area contributed by atoms with Crippen LogP contribution in [0.4, 0.5) is 0 Å². The minimum Gasteiger partial charge on any atom is -0.462 e. The average Bonchev–Trinajstić information content (AvgIpc) is 1.00. The van der Waals surface area contributed by atoms with Gasteiger partial charge in [0.2, 0.25) is 0 Å². The van der Waals surface area contributed by atoms with Gasteiger partial charge in [0.25, 0.3) is 0 Å². The Hall–Kier alpha value is -4.80. The van der Waals surface area contributed by atoms with E-state index in [1.807, 2.05) is 0 Å². The van der Waals surface area contributed by atoms with Gasteiger partial charge in [-0.05, 0) is 148 Å². The highest BCUT2D eigenvalue weighted by atomic mass is 31.2. The van der Waals surface area contributed by atoms with Crippen LogP contribution in [-0.4, -0.2) is 96.7 Å². The number of aliphatic hydroxyl groups is 1. The standard InChI is InChI=1S/C79H132O17P2/c1-5-9-13-17-21-25-29-32-34-35-36-37-39-42-45-48-52-56-60-64-77(82)89-69-74(95-78(83)65-61-57-53-49-43-28-24-20-16-12-8-4)71-93-97(85,86)91-67-73(80)68-92-98(87,88)94-72-75(96-79(84)66-62-58-54-50-46-40-31-27-23-19-15-11-7-3)70-90-76(81)63-59-55-51-47-44-41-38-33-30-26-22-18-14-10-6-2/h9-10,13-15,19-22,24-27,31-34,36-38,44,47,73-75,80H,5-8,11-12,16-18,23,28-30,35,39-43,45-46,48-72H2,1-4H3,(H,85,86)(H,87,88)/b13-9-,14-10-,19-15-,24-20-,25-21-,26-22-,31-27-,34-32-,37-36-,38-33-,47-44-. The van der Waals surface area contributed by atoms with Crippen LogP contribution in [0.2, 0.25) is 0 Å². The number of carbonyl (C=O) groups excluding carboxylic acids is 4. The maximum atomic E-state index is 13.1. The zero-order valence-corrected chi connectivity index (χ0v) is 62.7. The van der Waals surface area contributed by atoms with Gasteiger partial charge < -0.3 is 33.8 Å². The van der Waals surface area contributed by atoms with E-state index in [2.05, 4.69) is 161 Å². The number of esters is 4. The Morgan fingerprint density at radius 2 is 0.551 bits per heavy atom. The number of phosphoric acid groups is 2. The van der Waals surface area contributed by atoms with Gasteiger partial charge >= 0.3 is 39.5 Å². The van der Waals surface area contributed by atoms with Crippen LogP contribution in [0.5, 0.6) is 0 Å². The van der Waals surface area contributed by atoms with Crippen LogP contribution in [0.3, 0.4) is 0 Å². The Labute approximate surface area is 593 Å². The summed E-state index contributed by atoms with van der Waals surface area (Å²) in [7, 11) is -9.97. The molecular formula is C79H132O17P2. The molecule has 0 aliphatic heterocycles. The summed E-state index contributed by atoms with van der Waals surface area (Å²) >= 11 is 0. The van der Waals surface area contributed by atoms with Crippen LogP contribution in [0.1, 0.15) is 285 Å². The summed E-state index contributed by atoms with van der Waals surface area (Å²) in [5.74, 6) is -2.27. The summed E-state index contributed by atoms with van der Waals surface area (Å²) in [6, 6.07) is 0. The summed E-state index contributed by atoms with van der Waals surface area (Å²) in [4.78, 5) is 72.7. The molecule has 98 heavy (non-hydrogen) atoms. The maximum Gasteiger partial charge on any atom is 0.472 e. The number of hydrogen-bond acceptors (Lipinski definition) is 15. The van der Waals surface area contributed by atoms with Crippen LogP contribution in [0.15, 0.2) is 134 Å². The maximum absolute atomic E-state index is 13.1. The summed E-state index contributed by atoms with van der Waals surface area (Å²) in [6.07, 6.45) is 77.4. The van der Waals surface area contributed by atoms with Gasteiger partial charge in [-0.1, -0.05) is 245 Å². The van der Waals surface area contributed by atoms with E-state index in [4.69, 9.17) is 37.0 Å². The molecule has 5 atom stereocenters. The molecule has 0 bridgehead atoms. The third-order valence-electron chi connectivity index (χ3n) is 15.1. The number of hydrogen-bond donors (Lipinski definition) is 3. The Kier molecular flexibility index (Phi) is 67.2. The Morgan fingerprint density at radius 3 is 0.888 bits per heavy atom. The number of aliphatic hydroxyl groups excluding tert-OH is 1. The highest BCUT2D eigenvalue weighted by Crippen LogP contribution is 2.45. The molecule has 0 aliphatic carbocycles. The van der Waals surface area contributed by atoms with Crippen molar-refractivity contribution in [3.8, 4) is 0 Å². The van der Waals surface area contributed by atoms with E-state index in [9.17, 15) is 43.2 Å². The molecule has 0 spiro atoms. The lowest BCUT2D eigenvalue weighted by Crippen LogP contribution is -2.30. The molecule has 0 heterocycles. The third kappa shape index (κ3) is 69.7. The number of carbonyl (C=O) groups is 4. The minimum absolute atomic E-state index is 0.0663. The van der Waals surface area contributed by atoms with Crippen molar-refractivity contribution in [3.05, 3.63) is 134 Å². The Balaban J connectivity index is 5.36. The Bertz CT molecular complexity index is 2380. The van der Waals surface area contributed by atoms with Crippen LogP contribution in [0.25, 0.3) is 0 Å². The molecule has 0 radical (unpaired) electrons. The van der Waals surface area contributed by atoms with Crippen LogP contribution in [0, 0.1) is 0 Å². The monoisotopic (exact) mass is 1410 g/mol. The molecule has 3 N–H and O–H groups in total. The first-order chi connectivity index (χ1) is 47.7. The zero-order chi connectivity index (χ0) is 71.8. The van der Waals surface area contributed by atoms with Gasteiger partial charge in [-0.15, -0.1) is 0 Å². The first kappa shape index (κ1) is 93.2. The van der Waals surface area contributed by atoms with Gasteiger partial charge in [-0.25, -0.2) is 9.13 Å². The number of phosphoric ester groups is 2.